The summed E-state index contributed by atoms with van der Waals surface area (Å²) >= 11 is 6.12. The van der Waals surface area contributed by atoms with Gasteiger partial charge in [-0.2, -0.15) is 8.42 Å². The molecule has 9 nitrogen and oxygen atoms in total. The summed E-state index contributed by atoms with van der Waals surface area (Å²) in [6.45, 7) is 5.44. The highest BCUT2D eigenvalue weighted by molar-refractivity contribution is 7.91. The molecule has 0 unspecified atom stereocenters. The predicted molar refractivity (Wildman–Crippen MR) is 158 cm³/mol. The maximum absolute atomic E-state index is 13.6. The van der Waals surface area contributed by atoms with Crippen LogP contribution in [0.25, 0.3) is 6.08 Å². The molecule has 1 atom stereocenters. The average Bonchev–Trinajstić information content (AvgIpc) is 2.92. The molecule has 0 aliphatic heterocycles. The van der Waals surface area contributed by atoms with E-state index in [4.69, 9.17) is 11.6 Å². The smallest absolute Gasteiger partial charge is 0.325 e. The highest BCUT2D eigenvalue weighted by atomic mass is 35.5. The fourth-order valence-corrected chi connectivity index (χ4v) is 4.99. The molecule has 0 saturated carbocycles. The number of allylic oxidation sites excluding steroid dienone is 1. The summed E-state index contributed by atoms with van der Waals surface area (Å²) in [6.07, 6.45) is 3.82. The molecule has 0 aliphatic rings. The monoisotopic (exact) mass is 567 g/mol. The maximum Gasteiger partial charge on any atom is 0.330 e. The number of aliphatic imine (C=N–C) groups is 1. The molecule has 11 heteroatoms. The molecule has 3 amide bonds. The second kappa shape index (κ2) is 13.1. The third kappa shape index (κ3) is 7.46. The van der Waals surface area contributed by atoms with Gasteiger partial charge in [-0.1, -0.05) is 66.2 Å². The minimum absolute atomic E-state index is 0.131. The number of nitrogens with one attached hydrogen (secondary N) is 2. The lowest BCUT2D eigenvalue weighted by atomic mass is 10.0. The number of carbonyl (C=O) groups is 2. The van der Waals surface area contributed by atoms with Gasteiger partial charge in [-0.15, -0.1) is 0 Å². The molecule has 0 radical (unpaired) electrons. The van der Waals surface area contributed by atoms with Crippen molar-refractivity contribution in [3.63, 3.8) is 0 Å². The molecular weight excluding hydrogens is 538 g/mol. The predicted octanol–water partition coefficient (Wildman–Crippen LogP) is 4.96. The van der Waals surface area contributed by atoms with Gasteiger partial charge in [-0.3, -0.25) is 14.1 Å². The van der Waals surface area contributed by atoms with Crippen molar-refractivity contribution in [2.45, 2.75) is 19.4 Å². The third-order valence-corrected chi connectivity index (χ3v) is 7.59. The van der Waals surface area contributed by atoms with Crippen LogP contribution in [0.3, 0.4) is 0 Å². The fraction of sp³-hybridized carbons (Fsp3) is 0.179. The van der Waals surface area contributed by atoms with Crippen LogP contribution in [-0.4, -0.2) is 47.2 Å². The van der Waals surface area contributed by atoms with Gasteiger partial charge < -0.3 is 10.2 Å². The van der Waals surface area contributed by atoms with Gasteiger partial charge >= 0.3 is 16.2 Å². The highest BCUT2D eigenvalue weighted by Crippen LogP contribution is 2.27. The quantitative estimate of drug-likeness (QED) is 0.337. The molecule has 0 heterocycles. The SMILES string of the molecule is C=Nc1ccc(N(C)C(=O)[C@H](Cc2ccccc2)NC(=O)NS(=O)(=O)N(C)c2ccccc2Cl)cc1/C=C\C. The minimum atomic E-state index is -4.33. The normalized spacial score (nSPS) is 12.0. The van der Waals surface area contributed by atoms with Gasteiger partial charge in [0.15, 0.2) is 0 Å². The number of rotatable bonds is 10. The molecule has 0 saturated heterocycles. The highest BCUT2D eigenvalue weighted by Gasteiger charge is 2.29. The number of carbonyl (C=O) groups excluding carboxylic acids is 2. The van der Waals surface area contributed by atoms with Crippen molar-refractivity contribution < 1.29 is 18.0 Å². The Morgan fingerprint density at radius 3 is 2.36 bits per heavy atom. The van der Waals surface area contributed by atoms with Gasteiger partial charge in [-0.05, 0) is 49.5 Å². The molecule has 0 aromatic heterocycles. The van der Waals surface area contributed by atoms with E-state index in [0.29, 0.717) is 11.4 Å². The van der Waals surface area contributed by atoms with E-state index in [1.54, 1.807) is 37.4 Å². The Labute approximate surface area is 234 Å². The van der Waals surface area contributed by atoms with E-state index in [2.05, 4.69) is 17.0 Å². The summed E-state index contributed by atoms with van der Waals surface area (Å²) in [5, 5.41) is 2.73. The Morgan fingerprint density at radius 2 is 1.72 bits per heavy atom. The molecule has 2 N–H and O–H groups in total. The Morgan fingerprint density at radius 1 is 1.05 bits per heavy atom. The third-order valence-electron chi connectivity index (χ3n) is 5.91. The number of halogens is 1. The summed E-state index contributed by atoms with van der Waals surface area (Å²) in [4.78, 5) is 31.9. The van der Waals surface area contributed by atoms with Gasteiger partial charge in [-0.25, -0.2) is 9.52 Å². The lowest BCUT2D eigenvalue weighted by Gasteiger charge is -2.26. The van der Waals surface area contributed by atoms with Crippen molar-refractivity contribution in [3.05, 3.63) is 95.0 Å². The Hall–Kier alpha value is -4.15. The van der Waals surface area contributed by atoms with E-state index in [9.17, 15) is 18.0 Å². The Balaban J connectivity index is 1.85. The zero-order valence-corrected chi connectivity index (χ0v) is 23.4. The zero-order valence-electron chi connectivity index (χ0n) is 21.8. The molecule has 39 heavy (non-hydrogen) atoms. The van der Waals surface area contributed by atoms with Crippen LogP contribution in [0.15, 0.2) is 83.9 Å². The molecule has 0 bridgehead atoms. The standard InChI is InChI=1S/C28H30ClN5O4S/c1-5-11-21-19-22(16-17-24(21)30-2)33(3)27(35)25(18-20-12-7-6-8-13-20)31-28(36)32-39(37,38)34(4)26-15-10-9-14-23(26)29/h5-17,19,25H,2,18H2,1,3-4H3,(H2,31,32,36)/b11-5-/t25-/m0/s1. The van der Waals surface area contributed by atoms with Gasteiger partial charge in [0.05, 0.1) is 16.4 Å². The van der Waals surface area contributed by atoms with Crippen molar-refractivity contribution in [2.24, 2.45) is 4.99 Å². The first-order chi connectivity index (χ1) is 18.6. The van der Waals surface area contributed by atoms with Crippen LogP contribution in [-0.2, 0) is 21.4 Å². The van der Waals surface area contributed by atoms with E-state index in [-0.39, 0.29) is 17.1 Å². The molecule has 3 aromatic carbocycles. The number of hydrogen-bond acceptors (Lipinski definition) is 5. The van der Waals surface area contributed by atoms with Crippen LogP contribution < -0.4 is 19.2 Å². The van der Waals surface area contributed by atoms with Crippen molar-refractivity contribution in [2.75, 3.05) is 23.3 Å². The Bertz CT molecular complexity index is 1480. The molecule has 0 spiro atoms. The maximum atomic E-state index is 13.6. The molecule has 3 aromatic rings. The molecule has 0 aliphatic carbocycles. The number of likely N-dealkylation sites (N-methyl/N-ethyl adjacent to an activating group) is 1. The van der Waals surface area contributed by atoms with Crippen molar-refractivity contribution in [3.8, 4) is 0 Å². The first-order valence-electron chi connectivity index (χ1n) is 11.9. The second-order valence-corrected chi connectivity index (χ2v) is 10.6. The van der Waals surface area contributed by atoms with Crippen molar-refractivity contribution in [1.29, 1.82) is 0 Å². The summed E-state index contributed by atoms with van der Waals surface area (Å²) in [5.41, 5.74) is 2.95. The van der Waals surface area contributed by atoms with E-state index >= 15 is 0 Å². The van der Waals surface area contributed by atoms with Gasteiger partial charge in [0.2, 0.25) is 5.91 Å². The molecule has 3 rings (SSSR count). The number of para-hydroxylation sites is 1. The summed E-state index contributed by atoms with van der Waals surface area (Å²) in [5.74, 6) is -0.448. The summed E-state index contributed by atoms with van der Waals surface area (Å²) in [7, 11) is -1.49. The lowest BCUT2D eigenvalue weighted by molar-refractivity contribution is -0.120. The largest absolute Gasteiger partial charge is 0.330 e. The van der Waals surface area contributed by atoms with Crippen LogP contribution in [0, 0.1) is 0 Å². The first-order valence-corrected chi connectivity index (χ1v) is 13.8. The fourth-order valence-electron chi connectivity index (χ4n) is 3.83. The van der Waals surface area contributed by atoms with E-state index in [1.807, 2.05) is 54.1 Å². The van der Waals surface area contributed by atoms with Gasteiger partial charge in [0, 0.05) is 31.8 Å². The van der Waals surface area contributed by atoms with Crippen LogP contribution in [0.2, 0.25) is 5.02 Å². The van der Waals surface area contributed by atoms with E-state index < -0.39 is 28.2 Å². The lowest BCUT2D eigenvalue weighted by Crippen LogP contribution is -2.54. The zero-order chi connectivity index (χ0) is 28.6. The first kappa shape index (κ1) is 29.4. The van der Waals surface area contributed by atoms with Crippen molar-refractivity contribution >= 4 is 63.6 Å². The van der Waals surface area contributed by atoms with Gasteiger partial charge in [0.25, 0.3) is 0 Å². The number of anilines is 2. The van der Waals surface area contributed by atoms with E-state index in [1.165, 1.54) is 24.1 Å². The van der Waals surface area contributed by atoms with Crippen molar-refractivity contribution in [1.82, 2.24) is 10.0 Å². The van der Waals surface area contributed by atoms with Gasteiger partial charge in [0.1, 0.15) is 6.04 Å². The molecular formula is C28H30ClN5O4S. The van der Waals surface area contributed by atoms with Crippen LogP contribution in [0.4, 0.5) is 21.9 Å². The van der Waals surface area contributed by atoms with Crippen LogP contribution >= 0.6 is 11.6 Å². The topological polar surface area (TPSA) is 111 Å². The van der Waals surface area contributed by atoms with Crippen LogP contribution in [0.1, 0.15) is 18.1 Å². The van der Waals surface area contributed by atoms with E-state index in [0.717, 1.165) is 15.4 Å². The summed E-state index contributed by atoms with van der Waals surface area (Å²) in [6, 6.07) is 18.5. The van der Waals surface area contributed by atoms with Crippen LogP contribution in [0.5, 0.6) is 0 Å². The second-order valence-electron chi connectivity index (χ2n) is 8.54. The number of nitrogens with zero attached hydrogens (tertiary/aromatic N) is 3. The molecule has 0 fully saturated rings. The Kier molecular flexibility index (Phi) is 9.86. The minimum Gasteiger partial charge on any atom is -0.325 e. The molecule has 204 valence electrons. The average molecular weight is 568 g/mol. The number of amides is 3. The summed E-state index contributed by atoms with van der Waals surface area (Å²) < 4.78 is 28.6. The number of urea groups is 1. The number of benzene rings is 3. The number of hydrogen-bond donors (Lipinski definition) is 2.